The molecule has 148 valence electrons. The Labute approximate surface area is 161 Å². The van der Waals surface area contributed by atoms with Crippen LogP contribution >= 0.6 is 15.9 Å². The van der Waals surface area contributed by atoms with Crippen LogP contribution in [0.3, 0.4) is 0 Å². The minimum Gasteiger partial charge on any atom is -0.478 e. The van der Waals surface area contributed by atoms with Crippen LogP contribution in [0.2, 0.25) is 0 Å². The summed E-state index contributed by atoms with van der Waals surface area (Å²) in [5.74, 6) is -1.41. The van der Waals surface area contributed by atoms with Crippen molar-refractivity contribution in [3.8, 4) is 0 Å². The number of hydrogen-bond acceptors (Lipinski definition) is 2. The summed E-state index contributed by atoms with van der Waals surface area (Å²) in [6, 6.07) is 4.00. The molecule has 0 aliphatic rings. The lowest BCUT2D eigenvalue weighted by atomic mass is 10.0. The molecule has 0 bridgehead atoms. The molecule has 3 aromatic rings. The van der Waals surface area contributed by atoms with Crippen molar-refractivity contribution in [2.24, 2.45) is 0 Å². The molecule has 0 unspecified atom stereocenters. The zero-order valence-electron chi connectivity index (χ0n) is 13.6. The minimum atomic E-state index is -4.74. The lowest BCUT2D eigenvalue weighted by Crippen LogP contribution is -2.14. The molecule has 0 amide bonds. The molecular formula is C17H9BrF6N2O2. The van der Waals surface area contributed by atoms with Gasteiger partial charge >= 0.3 is 18.3 Å². The van der Waals surface area contributed by atoms with Crippen LogP contribution in [-0.4, -0.2) is 20.9 Å². The topological polar surface area (TPSA) is 55.1 Å². The molecule has 3 rings (SSSR count). The summed E-state index contributed by atoms with van der Waals surface area (Å²) in [7, 11) is 0. The van der Waals surface area contributed by atoms with Crippen LogP contribution in [0.15, 0.2) is 41.0 Å². The van der Waals surface area contributed by atoms with E-state index < -0.39 is 36.0 Å². The number of benzene rings is 2. The molecule has 4 nitrogen and oxygen atoms in total. The van der Waals surface area contributed by atoms with E-state index in [9.17, 15) is 31.1 Å². The van der Waals surface area contributed by atoms with E-state index in [0.29, 0.717) is 6.07 Å². The van der Waals surface area contributed by atoms with Gasteiger partial charge < -0.3 is 5.11 Å². The van der Waals surface area contributed by atoms with Gasteiger partial charge in [-0.3, -0.25) is 4.68 Å². The highest BCUT2D eigenvalue weighted by Gasteiger charge is 2.34. The van der Waals surface area contributed by atoms with Crippen LogP contribution in [-0.2, 0) is 18.9 Å². The Morgan fingerprint density at radius 3 is 2.32 bits per heavy atom. The van der Waals surface area contributed by atoms with Gasteiger partial charge in [0.05, 0.1) is 34.9 Å². The maximum absolute atomic E-state index is 13.3. The van der Waals surface area contributed by atoms with Crippen molar-refractivity contribution >= 4 is 32.8 Å². The monoisotopic (exact) mass is 466 g/mol. The van der Waals surface area contributed by atoms with E-state index in [2.05, 4.69) is 21.0 Å². The number of carboxylic acids is 1. The molecule has 0 saturated carbocycles. The van der Waals surface area contributed by atoms with Crippen LogP contribution in [0, 0.1) is 0 Å². The predicted octanol–water partition coefficient (Wildman–Crippen LogP) is 5.58. The standard InChI is InChI=1S/C17H9BrF6N2O2/c18-13-5-11(16(19,20)21)4-9-6-25-26(14(9)13)7-10-3-8(15(27)28)1-2-12(10)17(22,23)24/h1-6H,7H2,(H,27,28). The lowest BCUT2D eigenvalue weighted by molar-refractivity contribution is -0.138. The predicted molar refractivity (Wildman–Crippen MR) is 89.9 cm³/mol. The van der Waals surface area contributed by atoms with Gasteiger partial charge in [0, 0.05) is 9.86 Å². The highest BCUT2D eigenvalue weighted by molar-refractivity contribution is 9.10. The number of hydrogen-bond donors (Lipinski definition) is 1. The second-order valence-corrected chi connectivity index (χ2v) is 6.73. The molecule has 1 N–H and O–H groups in total. The fourth-order valence-corrected chi connectivity index (χ4v) is 3.44. The van der Waals surface area contributed by atoms with Crippen LogP contribution < -0.4 is 0 Å². The van der Waals surface area contributed by atoms with Crippen molar-refractivity contribution in [2.75, 3.05) is 0 Å². The lowest BCUT2D eigenvalue weighted by Gasteiger charge is -2.15. The molecule has 0 aliphatic heterocycles. The Hall–Kier alpha value is -2.56. The number of rotatable bonds is 3. The number of fused-ring (bicyclic) bond motifs is 1. The fraction of sp³-hybridized carbons (Fsp3) is 0.176. The first-order valence-corrected chi connectivity index (χ1v) is 8.33. The molecule has 1 aromatic heterocycles. The van der Waals surface area contributed by atoms with Gasteiger partial charge in [0.15, 0.2) is 0 Å². The summed E-state index contributed by atoms with van der Waals surface area (Å²) < 4.78 is 79.7. The Kier molecular flexibility index (Phi) is 4.90. The molecule has 0 fully saturated rings. The molecule has 28 heavy (non-hydrogen) atoms. The summed E-state index contributed by atoms with van der Waals surface area (Å²) in [5, 5.41) is 13.0. The molecule has 0 aliphatic carbocycles. The summed E-state index contributed by atoms with van der Waals surface area (Å²) in [6.45, 7) is -0.483. The Morgan fingerprint density at radius 1 is 1.07 bits per heavy atom. The van der Waals surface area contributed by atoms with E-state index in [1.165, 1.54) is 0 Å². The maximum Gasteiger partial charge on any atom is 0.416 e. The van der Waals surface area contributed by atoms with E-state index in [0.717, 1.165) is 35.1 Å². The zero-order valence-corrected chi connectivity index (χ0v) is 15.2. The minimum absolute atomic E-state index is 0.00206. The second kappa shape index (κ2) is 6.80. The Bertz CT molecular complexity index is 1070. The van der Waals surface area contributed by atoms with Gasteiger partial charge in [0.1, 0.15) is 0 Å². The smallest absolute Gasteiger partial charge is 0.416 e. The summed E-state index contributed by atoms with van der Waals surface area (Å²) >= 11 is 3.00. The third-order valence-corrected chi connectivity index (χ3v) is 4.60. The van der Waals surface area contributed by atoms with E-state index in [-0.39, 0.29) is 26.5 Å². The van der Waals surface area contributed by atoms with Crippen molar-refractivity contribution in [3.05, 3.63) is 63.3 Å². The first kappa shape index (κ1) is 20.2. The fourth-order valence-electron chi connectivity index (χ4n) is 2.76. The average molecular weight is 467 g/mol. The van der Waals surface area contributed by atoms with Gasteiger partial charge in [0.2, 0.25) is 0 Å². The number of aromatic nitrogens is 2. The largest absolute Gasteiger partial charge is 0.478 e. The molecule has 2 aromatic carbocycles. The van der Waals surface area contributed by atoms with Crippen LogP contribution in [0.5, 0.6) is 0 Å². The van der Waals surface area contributed by atoms with Gasteiger partial charge in [-0.05, 0) is 51.8 Å². The first-order valence-electron chi connectivity index (χ1n) is 7.53. The van der Waals surface area contributed by atoms with Crippen molar-refractivity contribution in [2.45, 2.75) is 18.9 Å². The summed E-state index contributed by atoms with van der Waals surface area (Å²) in [5.41, 5.74) is -2.55. The number of carboxylic acid groups (broad SMARTS) is 1. The van der Waals surface area contributed by atoms with Crippen molar-refractivity contribution in [3.63, 3.8) is 0 Å². The highest BCUT2D eigenvalue weighted by atomic mass is 79.9. The summed E-state index contributed by atoms with van der Waals surface area (Å²) in [6.07, 6.45) is -8.24. The van der Waals surface area contributed by atoms with E-state index in [1.54, 1.807) is 0 Å². The summed E-state index contributed by atoms with van der Waals surface area (Å²) in [4.78, 5) is 11.1. The van der Waals surface area contributed by atoms with Crippen molar-refractivity contribution in [1.29, 1.82) is 0 Å². The first-order chi connectivity index (χ1) is 12.9. The Morgan fingerprint density at radius 2 is 1.75 bits per heavy atom. The van der Waals surface area contributed by atoms with Crippen molar-refractivity contribution in [1.82, 2.24) is 9.78 Å². The second-order valence-electron chi connectivity index (χ2n) is 5.87. The van der Waals surface area contributed by atoms with Crippen LogP contribution in [0.4, 0.5) is 26.3 Å². The van der Waals surface area contributed by atoms with Gasteiger partial charge in [-0.1, -0.05) is 0 Å². The molecule has 11 heteroatoms. The van der Waals surface area contributed by atoms with Gasteiger partial charge in [0.25, 0.3) is 0 Å². The van der Waals surface area contributed by atoms with E-state index in [4.69, 9.17) is 5.11 Å². The molecule has 0 saturated heterocycles. The molecule has 0 atom stereocenters. The van der Waals surface area contributed by atoms with Crippen LogP contribution in [0.25, 0.3) is 10.9 Å². The zero-order chi connectivity index (χ0) is 20.9. The molecule has 0 spiro atoms. The van der Waals surface area contributed by atoms with E-state index >= 15 is 0 Å². The van der Waals surface area contributed by atoms with Crippen LogP contribution in [0.1, 0.15) is 27.0 Å². The average Bonchev–Trinajstić information content (AvgIpc) is 2.96. The van der Waals surface area contributed by atoms with Gasteiger partial charge in [-0.15, -0.1) is 0 Å². The van der Waals surface area contributed by atoms with E-state index in [1.807, 2.05) is 0 Å². The molecule has 0 radical (unpaired) electrons. The van der Waals surface area contributed by atoms with Gasteiger partial charge in [-0.2, -0.15) is 31.4 Å². The SMILES string of the molecule is O=C(O)c1ccc(C(F)(F)F)c(Cn2ncc3cc(C(F)(F)F)cc(Br)c32)c1. The number of halogens is 7. The maximum atomic E-state index is 13.3. The number of alkyl halides is 6. The normalized spacial score (nSPS) is 12.5. The third kappa shape index (κ3) is 3.84. The Balaban J connectivity index is 2.13. The molecular weight excluding hydrogens is 458 g/mol. The van der Waals surface area contributed by atoms with Gasteiger partial charge in [-0.25, -0.2) is 4.79 Å². The molecule has 1 heterocycles. The van der Waals surface area contributed by atoms with Crippen molar-refractivity contribution < 1.29 is 36.2 Å². The number of nitrogens with zero attached hydrogens (tertiary/aromatic N) is 2. The number of carbonyl (C=O) groups is 1. The third-order valence-electron chi connectivity index (χ3n) is 3.99. The highest BCUT2D eigenvalue weighted by Crippen LogP contribution is 2.37. The quantitative estimate of drug-likeness (QED) is 0.512. The number of aromatic carboxylic acids is 1.